The maximum absolute atomic E-state index is 12.1. The van der Waals surface area contributed by atoms with E-state index in [4.69, 9.17) is 4.74 Å². The van der Waals surface area contributed by atoms with Gasteiger partial charge in [-0.15, -0.1) is 0 Å². The van der Waals surface area contributed by atoms with Gasteiger partial charge in [0.25, 0.3) is 0 Å². The number of ether oxygens (including phenoxy) is 1. The number of carbonyl (C=O) groups excluding carboxylic acids is 4. The number of H-pyrrole nitrogens is 4. The van der Waals surface area contributed by atoms with Crippen LogP contribution in [0, 0.1) is 13.8 Å². The molecule has 4 heterocycles. The first-order chi connectivity index (χ1) is 46.7. The second kappa shape index (κ2) is 35.0. The molecule has 0 radical (unpaired) electrons. The fourth-order valence-corrected chi connectivity index (χ4v) is 11.2. The molecule has 13 nitrogen and oxygen atoms in total. The Labute approximate surface area is 559 Å². The van der Waals surface area contributed by atoms with Crippen molar-refractivity contribution >= 4 is 91.0 Å². The van der Waals surface area contributed by atoms with Crippen LogP contribution >= 0.6 is 0 Å². The molecule has 0 amide bonds. The molecule has 0 saturated carbocycles. The van der Waals surface area contributed by atoms with Gasteiger partial charge in [0.1, 0.15) is 17.2 Å². The normalized spacial score (nSPS) is 11.3. The molecule has 8 aromatic carbocycles. The molecule has 4 aromatic heterocycles. The number of phenolic OH excluding ortho intramolecular Hbond substituents is 4. The van der Waals surface area contributed by atoms with Crippen LogP contribution < -0.4 is 4.74 Å². The summed E-state index contributed by atoms with van der Waals surface area (Å²) in [5, 5.41) is 42.6. The zero-order valence-electron chi connectivity index (χ0n) is 54.5. The van der Waals surface area contributed by atoms with Gasteiger partial charge in [-0.05, 0) is 206 Å². The minimum atomic E-state index is -0.0437. The van der Waals surface area contributed by atoms with E-state index in [2.05, 4.69) is 107 Å². The Bertz CT molecular complexity index is 4700. The number of allylic oxidation sites excluding steroid dienone is 4. The smallest absolute Gasteiger partial charge is 0.161 e. The van der Waals surface area contributed by atoms with Gasteiger partial charge in [-0.25, -0.2) is 0 Å². The Hall–Kier alpha value is -11.4. The van der Waals surface area contributed by atoms with Gasteiger partial charge in [0.15, 0.2) is 34.6 Å². The van der Waals surface area contributed by atoms with E-state index in [-0.39, 0.29) is 46.1 Å². The van der Waals surface area contributed by atoms with Gasteiger partial charge >= 0.3 is 0 Å². The fourth-order valence-electron chi connectivity index (χ4n) is 11.2. The van der Waals surface area contributed by atoms with Crippen LogP contribution in [0.1, 0.15) is 107 Å². The van der Waals surface area contributed by atoms with Crippen LogP contribution in [0.15, 0.2) is 225 Å². The number of rotatable bonds is 25. The molecular weight excluding hydrogens is 1200 g/mol. The number of carbonyl (C=O) groups is 4. The zero-order chi connectivity index (χ0) is 67.6. The second-order valence-electron chi connectivity index (χ2n) is 23.7. The molecule has 13 heteroatoms. The first-order valence-corrected chi connectivity index (χ1v) is 32.4. The molecule has 0 spiro atoms. The average Bonchev–Trinajstić information content (AvgIpc) is 1.74. The zero-order valence-corrected chi connectivity index (χ0v) is 54.5. The van der Waals surface area contributed by atoms with Crippen LogP contribution in [0.25, 0.3) is 67.9 Å². The summed E-state index contributed by atoms with van der Waals surface area (Å²) in [4.78, 5) is 61.0. The minimum Gasteiger partial charge on any atom is -0.508 e. The molecule has 0 aliphatic heterocycles. The molecule has 12 rings (SSSR count). The largest absolute Gasteiger partial charge is 0.508 e. The number of fused-ring (bicyclic) bond motifs is 4. The first kappa shape index (κ1) is 68.9. The molecule has 96 heavy (non-hydrogen) atoms. The van der Waals surface area contributed by atoms with E-state index < -0.39 is 0 Å². The van der Waals surface area contributed by atoms with Crippen molar-refractivity contribution in [2.75, 3.05) is 7.11 Å². The number of aromatic amines is 4. The van der Waals surface area contributed by atoms with Crippen LogP contribution in [-0.2, 0) is 44.9 Å². The van der Waals surface area contributed by atoms with E-state index in [0.29, 0.717) is 37.0 Å². The van der Waals surface area contributed by atoms with Crippen molar-refractivity contribution in [3.8, 4) is 28.7 Å². The number of ketones is 4. The van der Waals surface area contributed by atoms with Crippen LogP contribution in [0.3, 0.4) is 0 Å². The Balaban J connectivity index is 0.000000150. The monoisotopic (exact) mass is 1280 g/mol. The van der Waals surface area contributed by atoms with Gasteiger partial charge < -0.3 is 45.1 Å². The van der Waals surface area contributed by atoms with Crippen LogP contribution in [0.5, 0.6) is 28.7 Å². The number of para-hydroxylation sites is 4. The lowest BCUT2D eigenvalue weighted by atomic mass is 10.0. The van der Waals surface area contributed by atoms with E-state index in [1.807, 2.05) is 73.2 Å². The number of aromatic nitrogens is 4. The number of benzene rings is 8. The highest BCUT2D eigenvalue weighted by Crippen LogP contribution is 2.29. The molecule has 12 aromatic rings. The summed E-state index contributed by atoms with van der Waals surface area (Å²) in [7, 11) is 1.50. The summed E-state index contributed by atoms with van der Waals surface area (Å²) in [5.74, 6) is 1.08. The molecule has 0 aliphatic carbocycles. The third kappa shape index (κ3) is 20.5. The fraction of sp³-hybridized carbons (Fsp3) is 0.181. The highest BCUT2D eigenvalue weighted by Gasteiger charge is 2.10. The molecule has 0 atom stereocenters. The van der Waals surface area contributed by atoms with Crippen molar-refractivity contribution in [2.45, 2.75) is 90.9 Å². The number of nitrogens with one attached hydrogen (secondary N) is 4. The predicted octanol–water partition coefficient (Wildman–Crippen LogP) is 18.5. The SMILES string of the molecule is COc1cc(/C=C/C(=O)CCCc2c[nH]c3ccccc23)ccc1O.Cc1ccc(/C=C/C(=O)CCCc2c[nH]c3ccccc23)cc1C.O=C(/C=C/c1ccc(O)cc1)CCCc1c[nH]c2ccccc12.O=C(/C=C/c1ccc(O)cc1O)CCCc1c[nH]c2ccccc12. The van der Waals surface area contributed by atoms with Crippen LogP contribution in [0.2, 0.25) is 0 Å². The number of methoxy groups -OCH3 is 1. The highest BCUT2D eigenvalue weighted by molar-refractivity contribution is 5.96. The summed E-state index contributed by atoms with van der Waals surface area (Å²) in [6.45, 7) is 4.19. The summed E-state index contributed by atoms with van der Waals surface area (Å²) in [6.07, 6.45) is 30.4. The maximum atomic E-state index is 12.1. The summed E-state index contributed by atoms with van der Waals surface area (Å²) in [5.41, 5.74) is 15.4. The van der Waals surface area contributed by atoms with Crippen molar-refractivity contribution in [3.05, 3.63) is 281 Å². The second-order valence-corrected chi connectivity index (χ2v) is 23.7. The third-order valence-corrected chi connectivity index (χ3v) is 16.7. The average molecular weight is 1280 g/mol. The van der Waals surface area contributed by atoms with E-state index in [1.165, 1.54) is 80.2 Å². The Morgan fingerprint density at radius 3 is 1.11 bits per heavy atom. The van der Waals surface area contributed by atoms with Gasteiger partial charge in [0.2, 0.25) is 0 Å². The Morgan fingerprint density at radius 2 is 0.719 bits per heavy atom. The number of hydrogen-bond acceptors (Lipinski definition) is 9. The molecule has 8 N–H and O–H groups in total. The maximum Gasteiger partial charge on any atom is 0.161 e. The molecule has 0 fully saturated rings. The number of hydrogen-bond donors (Lipinski definition) is 8. The van der Waals surface area contributed by atoms with E-state index in [0.717, 1.165) is 90.1 Å². The van der Waals surface area contributed by atoms with Gasteiger partial charge in [-0.1, -0.05) is 127 Å². The number of aryl methyl sites for hydroxylation is 6. The highest BCUT2D eigenvalue weighted by atomic mass is 16.5. The summed E-state index contributed by atoms with van der Waals surface area (Å²) in [6, 6.07) is 55.2. The van der Waals surface area contributed by atoms with Crippen molar-refractivity contribution in [1.29, 1.82) is 0 Å². The lowest BCUT2D eigenvalue weighted by Crippen LogP contribution is -1.94. The van der Waals surface area contributed by atoms with E-state index in [1.54, 1.807) is 85.0 Å². The molecule has 0 aliphatic rings. The van der Waals surface area contributed by atoms with Crippen molar-refractivity contribution in [2.24, 2.45) is 0 Å². The summed E-state index contributed by atoms with van der Waals surface area (Å²) < 4.78 is 5.06. The Kier molecular flexibility index (Phi) is 25.1. The van der Waals surface area contributed by atoms with Crippen molar-refractivity contribution < 1.29 is 44.3 Å². The topological polar surface area (TPSA) is 222 Å². The lowest BCUT2D eigenvalue weighted by molar-refractivity contribution is -0.115. The van der Waals surface area contributed by atoms with Gasteiger partial charge in [-0.3, -0.25) is 19.2 Å². The standard InChI is InChI=1S/C22H23NO.C21H21NO3.C20H19NO3.C20H19NO2/c1-16-10-11-18(14-17(16)2)12-13-20(24)7-5-6-19-15-23-22-9-4-3-8-21(19)22;1-25-21-13-15(10-12-20(21)24)9-11-17(23)6-4-5-16-14-22-19-8-3-2-7-18(16)19;22-16(10-8-14-9-11-17(23)12-20(14)24)5-3-4-15-13-21-19-7-2-1-6-18(15)19;22-17(11-8-15-9-12-18(23)13-10-15)5-3-4-16-14-21-20-7-2-1-6-19(16)20/h3-4,8-15,23H,5-7H2,1-2H3;2-3,7-14,22,24H,4-6H2,1H3;1-2,6-13,21,23-24H,3-5H2;1-2,6-14,21,23H,3-5H2/b13-12+;11-9+;10-8+;11-8+. The molecule has 0 saturated heterocycles. The van der Waals surface area contributed by atoms with Gasteiger partial charge in [0.05, 0.1) is 7.11 Å². The van der Waals surface area contributed by atoms with Gasteiger partial charge in [-0.2, -0.15) is 0 Å². The van der Waals surface area contributed by atoms with Gasteiger partial charge in [0, 0.05) is 106 Å². The quantitative estimate of drug-likeness (QED) is 0.0255. The molecule has 0 bridgehead atoms. The Morgan fingerprint density at radius 1 is 0.365 bits per heavy atom. The first-order valence-electron chi connectivity index (χ1n) is 32.4. The van der Waals surface area contributed by atoms with Crippen LogP contribution in [-0.4, -0.2) is 70.6 Å². The minimum absolute atomic E-state index is 0.00490. The number of phenols is 4. The lowest BCUT2D eigenvalue weighted by Gasteiger charge is -2.03. The summed E-state index contributed by atoms with van der Waals surface area (Å²) >= 11 is 0. The van der Waals surface area contributed by atoms with Crippen LogP contribution in [0.4, 0.5) is 0 Å². The molecule has 488 valence electrons. The predicted molar refractivity (Wildman–Crippen MR) is 390 cm³/mol. The molecular formula is C83H82N4O9. The van der Waals surface area contributed by atoms with E-state index >= 15 is 0 Å². The number of aromatic hydroxyl groups is 4. The van der Waals surface area contributed by atoms with E-state index in [9.17, 15) is 39.6 Å². The third-order valence-electron chi connectivity index (χ3n) is 16.7. The van der Waals surface area contributed by atoms with Crippen molar-refractivity contribution in [3.63, 3.8) is 0 Å². The molecule has 0 unspecified atom stereocenters. The van der Waals surface area contributed by atoms with Crippen molar-refractivity contribution in [1.82, 2.24) is 19.9 Å².